The fourth-order valence-corrected chi connectivity index (χ4v) is 2.78. The number of hydrogen-bond donors (Lipinski definition) is 1. The summed E-state index contributed by atoms with van der Waals surface area (Å²) in [6.07, 6.45) is 0. The second kappa shape index (κ2) is 8.51. The van der Waals surface area contributed by atoms with E-state index in [1.54, 1.807) is 39.3 Å². The number of carbonyl (C=O) groups excluding carboxylic acids is 2. The molecule has 152 valence electrons. The van der Waals surface area contributed by atoms with Crippen LogP contribution in [0.15, 0.2) is 40.8 Å². The van der Waals surface area contributed by atoms with Crippen LogP contribution in [-0.2, 0) is 18.4 Å². The highest BCUT2D eigenvalue weighted by Gasteiger charge is 2.24. The van der Waals surface area contributed by atoms with Gasteiger partial charge in [-0.1, -0.05) is 12.1 Å². The van der Waals surface area contributed by atoms with Gasteiger partial charge in [0.25, 0.3) is 5.91 Å². The number of methoxy groups -OCH3 is 2. The van der Waals surface area contributed by atoms with Gasteiger partial charge in [0.05, 0.1) is 25.6 Å². The fourth-order valence-electron chi connectivity index (χ4n) is 2.78. The summed E-state index contributed by atoms with van der Waals surface area (Å²) in [5.41, 5.74) is 0.893. The van der Waals surface area contributed by atoms with Gasteiger partial charge >= 0.3 is 5.97 Å². The van der Waals surface area contributed by atoms with Crippen molar-refractivity contribution in [3.8, 4) is 11.5 Å². The van der Waals surface area contributed by atoms with E-state index < -0.39 is 11.9 Å². The number of aryl methyl sites for hydroxylation is 2. The molecule has 0 atom stereocenters. The smallest absolute Gasteiger partial charge is 0.358 e. The summed E-state index contributed by atoms with van der Waals surface area (Å²) >= 11 is 0. The maximum absolute atomic E-state index is 12.6. The van der Waals surface area contributed by atoms with Crippen LogP contribution in [0.5, 0.6) is 11.5 Å². The van der Waals surface area contributed by atoms with Gasteiger partial charge in [-0.15, -0.1) is 0 Å². The van der Waals surface area contributed by atoms with Crippen LogP contribution in [0.25, 0.3) is 0 Å². The van der Waals surface area contributed by atoms with Gasteiger partial charge in [0.1, 0.15) is 12.4 Å². The summed E-state index contributed by atoms with van der Waals surface area (Å²) in [5, 5.41) is 6.81. The summed E-state index contributed by atoms with van der Waals surface area (Å²) in [6, 6.07) is 10.4. The van der Waals surface area contributed by atoms with Crippen LogP contribution in [0.2, 0.25) is 0 Å². The molecule has 2 heterocycles. The lowest BCUT2D eigenvalue weighted by atomic mass is 10.3. The molecule has 0 unspecified atom stereocenters. The number of nitrogens with zero attached hydrogens (tertiary/aromatic N) is 2. The lowest BCUT2D eigenvalue weighted by molar-refractivity contribution is 0.0589. The zero-order valence-electron chi connectivity index (χ0n) is 16.5. The van der Waals surface area contributed by atoms with E-state index in [2.05, 4.69) is 10.4 Å². The molecule has 0 fully saturated rings. The number of amides is 1. The lowest BCUT2D eigenvalue weighted by Crippen LogP contribution is -2.16. The van der Waals surface area contributed by atoms with Gasteiger partial charge in [0.15, 0.2) is 23.0 Å². The maximum atomic E-state index is 12.6. The van der Waals surface area contributed by atoms with Gasteiger partial charge in [-0.2, -0.15) is 5.10 Å². The number of esters is 1. The zero-order chi connectivity index (χ0) is 21.0. The van der Waals surface area contributed by atoms with E-state index in [4.69, 9.17) is 18.6 Å². The van der Waals surface area contributed by atoms with E-state index in [0.29, 0.717) is 23.0 Å². The quantitative estimate of drug-likeness (QED) is 0.609. The van der Waals surface area contributed by atoms with Crippen LogP contribution in [0, 0.1) is 6.92 Å². The van der Waals surface area contributed by atoms with Crippen molar-refractivity contribution in [3.63, 3.8) is 0 Å². The van der Waals surface area contributed by atoms with E-state index in [-0.39, 0.29) is 23.7 Å². The number of para-hydroxylation sites is 2. The monoisotopic (exact) mass is 399 g/mol. The number of hydrogen-bond acceptors (Lipinski definition) is 7. The van der Waals surface area contributed by atoms with Crippen molar-refractivity contribution >= 4 is 17.6 Å². The van der Waals surface area contributed by atoms with Crippen molar-refractivity contribution < 1.29 is 28.2 Å². The Morgan fingerprint density at radius 3 is 2.55 bits per heavy atom. The molecule has 0 bridgehead atoms. The predicted octanol–water partition coefficient (Wildman–Crippen LogP) is 2.95. The van der Waals surface area contributed by atoms with Crippen LogP contribution in [-0.4, -0.2) is 35.9 Å². The highest BCUT2D eigenvalue weighted by molar-refractivity contribution is 6.06. The highest BCUT2D eigenvalue weighted by Crippen LogP contribution is 2.27. The lowest BCUT2D eigenvalue weighted by Gasteiger charge is -2.09. The minimum absolute atomic E-state index is 0.0719. The summed E-state index contributed by atoms with van der Waals surface area (Å²) in [7, 11) is 4.41. The fraction of sp³-hybridized carbons (Fsp3) is 0.250. The van der Waals surface area contributed by atoms with Gasteiger partial charge < -0.3 is 23.9 Å². The number of benzene rings is 1. The summed E-state index contributed by atoms with van der Waals surface area (Å²) in [4.78, 5) is 24.6. The number of anilines is 1. The van der Waals surface area contributed by atoms with E-state index in [9.17, 15) is 9.59 Å². The molecule has 0 radical (unpaired) electrons. The number of carbonyl (C=O) groups is 2. The maximum Gasteiger partial charge on any atom is 0.358 e. The highest BCUT2D eigenvalue weighted by atomic mass is 16.5. The molecular weight excluding hydrogens is 378 g/mol. The van der Waals surface area contributed by atoms with Crippen molar-refractivity contribution in [1.82, 2.24) is 9.78 Å². The van der Waals surface area contributed by atoms with Crippen LogP contribution in [0.4, 0.5) is 5.69 Å². The Balaban J connectivity index is 1.71. The molecule has 3 rings (SSSR count). The molecule has 2 aromatic heterocycles. The van der Waals surface area contributed by atoms with Gasteiger partial charge in [-0.05, 0) is 31.2 Å². The summed E-state index contributed by atoms with van der Waals surface area (Å²) in [5.74, 6) is 0.564. The van der Waals surface area contributed by atoms with E-state index in [1.807, 2.05) is 12.1 Å². The average Bonchev–Trinajstić information content (AvgIpc) is 3.30. The van der Waals surface area contributed by atoms with Crippen molar-refractivity contribution in [1.29, 1.82) is 0 Å². The third-order valence-electron chi connectivity index (χ3n) is 4.16. The molecule has 0 saturated carbocycles. The first-order chi connectivity index (χ1) is 13.9. The number of rotatable bonds is 7. The first-order valence-corrected chi connectivity index (χ1v) is 8.72. The molecule has 3 aromatic rings. The van der Waals surface area contributed by atoms with Gasteiger partial charge in [0, 0.05) is 7.05 Å². The molecule has 0 aliphatic heterocycles. The molecule has 9 heteroatoms. The van der Waals surface area contributed by atoms with E-state index >= 15 is 0 Å². The Labute approximate surface area is 167 Å². The molecule has 0 aliphatic carbocycles. The number of nitrogens with one attached hydrogen (secondary N) is 1. The molecule has 1 aromatic carbocycles. The van der Waals surface area contributed by atoms with Crippen molar-refractivity contribution in [2.45, 2.75) is 13.5 Å². The van der Waals surface area contributed by atoms with Crippen molar-refractivity contribution in [3.05, 3.63) is 59.3 Å². The molecule has 0 aliphatic rings. The summed E-state index contributed by atoms with van der Waals surface area (Å²) in [6.45, 7) is 1.80. The molecule has 0 spiro atoms. The van der Waals surface area contributed by atoms with Crippen LogP contribution in [0.1, 0.15) is 32.5 Å². The van der Waals surface area contributed by atoms with Crippen molar-refractivity contribution in [2.24, 2.45) is 7.05 Å². The third kappa shape index (κ3) is 4.23. The van der Waals surface area contributed by atoms with Gasteiger partial charge in [0.2, 0.25) is 0 Å². The average molecular weight is 399 g/mol. The number of aromatic nitrogens is 2. The SMILES string of the molecule is COC(=O)c1c(NC(=O)c2ccc(COc3ccccc3OC)o2)c(C)nn1C. The Hall–Kier alpha value is -3.75. The molecule has 1 amide bonds. The minimum atomic E-state index is -0.603. The van der Waals surface area contributed by atoms with E-state index in [0.717, 1.165) is 0 Å². The second-order valence-corrected chi connectivity index (χ2v) is 6.08. The first-order valence-electron chi connectivity index (χ1n) is 8.72. The molecule has 0 saturated heterocycles. The molecule has 9 nitrogen and oxygen atoms in total. The topological polar surface area (TPSA) is 105 Å². The van der Waals surface area contributed by atoms with E-state index in [1.165, 1.54) is 17.9 Å². The second-order valence-electron chi connectivity index (χ2n) is 6.08. The molecule has 29 heavy (non-hydrogen) atoms. The Kier molecular flexibility index (Phi) is 5.87. The number of ether oxygens (including phenoxy) is 3. The summed E-state index contributed by atoms with van der Waals surface area (Å²) < 4.78 is 22.6. The predicted molar refractivity (Wildman–Crippen MR) is 103 cm³/mol. The van der Waals surface area contributed by atoms with Crippen molar-refractivity contribution in [2.75, 3.05) is 19.5 Å². The normalized spacial score (nSPS) is 10.5. The Morgan fingerprint density at radius 1 is 1.14 bits per heavy atom. The standard InChI is InChI=1S/C20H21N3O6/c1-12-17(18(20(25)27-4)23(2)22-12)21-19(24)16-10-9-13(29-16)11-28-15-8-6-5-7-14(15)26-3/h5-10H,11H2,1-4H3,(H,21,24). The third-order valence-corrected chi connectivity index (χ3v) is 4.16. The molecular formula is C20H21N3O6. The first kappa shape index (κ1) is 20.0. The number of furan rings is 1. The van der Waals surface area contributed by atoms with Gasteiger partial charge in [-0.3, -0.25) is 9.48 Å². The van der Waals surface area contributed by atoms with Gasteiger partial charge in [-0.25, -0.2) is 4.79 Å². The zero-order valence-corrected chi connectivity index (χ0v) is 16.5. The largest absolute Gasteiger partial charge is 0.493 e. The van der Waals surface area contributed by atoms with Crippen LogP contribution < -0.4 is 14.8 Å². The Morgan fingerprint density at radius 2 is 1.86 bits per heavy atom. The Bertz CT molecular complexity index is 1040. The van der Waals surface area contributed by atoms with Crippen LogP contribution >= 0.6 is 0 Å². The minimum Gasteiger partial charge on any atom is -0.493 e. The molecule has 1 N–H and O–H groups in total. The van der Waals surface area contributed by atoms with Crippen LogP contribution in [0.3, 0.4) is 0 Å².